The number of piperidine rings is 1. The third-order valence-corrected chi connectivity index (χ3v) is 3.66. The van der Waals surface area contributed by atoms with E-state index in [0.717, 1.165) is 32.5 Å². The molecular weight excluding hydrogens is 274 g/mol. The van der Waals surface area contributed by atoms with Crippen LogP contribution in [-0.4, -0.2) is 53.5 Å². The second-order valence-corrected chi connectivity index (χ2v) is 5.49. The molecular formula is C12H21N7O2. The van der Waals surface area contributed by atoms with Crippen molar-refractivity contribution in [3.8, 4) is 0 Å². The van der Waals surface area contributed by atoms with Crippen LogP contribution in [0, 0.1) is 16.0 Å². The summed E-state index contributed by atoms with van der Waals surface area (Å²) >= 11 is 0. The Balaban J connectivity index is 2.15. The average Bonchev–Trinajstić information content (AvgIpc) is 2.46. The minimum Gasteiger partial charge on any atom is -0.351 e. The van der Waals surface area contributed by atoms with E-state index in [4.69, 9.17) is 5.84 Å². The van der Waals surface area contributed by atoms with Crippen molar-refractivity contribution in [2.45, 2.75) is 12.8 Å². The van der Waals surface area contributed by atoms with Crippen molar-refractivity contribution in [1.29, 1.82) is 0 Å². The summed E-state index contributed by atoms with van der Waals surface area (Å²) < 4.78 is 0. The summed E-state index contributed by atoms with van der Waals surface area (Å²) in [6.45, 7) is 2.54. The Morgan fingerprint density at radius 2 is 2.14 bits per heavy atom. The van der Waals surface area contributed by atoms with Crippen LogP contribution in [-0.2, 0) is 0 Å². The number of rotatable bonds is 5. The molecule has 9 nitrogen and oxygen atoms in total. The molecule has 1 fully saturated rings. The first kappa shape index (κ1) is 15.4. The summed E-state index contributed by atoms with van der Waals surface area (Å²) in [5.74, 6) is 6.29. The lowest BCUT2D eigenvalue weighted by molar-refractivity contribution is -0.383. The van der Waals surface area contributed by atoms with Crippen molar-refractivity contribution in [2.75, 3.05) is 44.1 Å². The first-order chi connectivity index (χ1) is 10.0. The molecule has 21 heavy (non-hydrogen) atoms. The van der Waals surface area contributed by atoms with Crippen LogP contribution in [0.3, 0.4) is 0 Å². The maximum absolute atomic E-state index is 11.3. The number of nitrogens with one attached hydrogen (secondary N) is 1. The van der Waals surface area contributed by atoms with Crippen molar-refractivity contribution in [2.24, 2.45) is 11.8 Å². The van der Waals surface area contributed by atoms with Gasteiger partial charge in [-0.3, -0.25) is 10.1 Å². The molecule has 0 aromatic carbocycles. The Kier molecular flexibility index (Phi) is 4.86. The lowest BCUT2D eigenvalue weighted by Gasteiger charge is -2.33. The van der Waals surface area contributed by atoms with E-state index >= 15 is 0 Å². The van der Waals surface area contributed by atoms with E-state index in [2.05, 4.69) is 34.4 Å². The van der Waals surface area contributed by atoms with Gasteiger partial charge in [0.15, 0.2) is 0 Å². The number of hydrogen-bond acceptors (Lipinski definition) is 8. The molecule has 1 aliphatic rings. The van der Waals surface area contributed by atoms with E-state index in [1.807, 2.05) is 4.90 Å². The van der Waals surface area contributed by atoms with Gasteiger partial charge in [-0.15, -0.1) is 0 Å². The fourth-order valence-corrected chi connectivity index (χ4v) is 2.72. The number of nitrogens with two attached hydrogens (primary N) is 1. The van der Waals surface area contributed by atoms with E-state index in [-0.39, 0.29) is 11.5 Å². The van der Waals surface area contributed by atoms with Crippen LogP contribution < -0.4 is 16.2 Å². The molecule has 0 amide bonds. The van der Waals surface area contributed by atoms with Crippen LogP contribution in [0.15, 0.2) is 6.33 Å². The Morgan fingerprint density at radius 3 is 2.67 bits per heavy atom. The molecule has 1 saturated heterocycles. The highest BCUT2D eigenvalue weighted by atomic mass is 16.6. The second kappa shape index (κ2) is 6.64. The van der Waals surface area contributed by atoms with E-state index in [1.54, 1.807) is 0 Å². The van der Waals surface area contributed by atoms with Gasteiger partial charge in [0.05, 0.1) is 4.92 Å². The topological polar surface area (TPSA) is 113 Å². The summed E-state index contributed by atoms with van der Waals surface area (Å²) in [6, 6.07) is 0. The maximum atomic E-state index is 11.3. The van der Waals surface area contributed by atoms with E-state index in [1.165, 1.54) is 6.33 Å². The zero-order valence-corrected chi connectivity index (χ0v) is 12.3. The van der Waals surface area contributed by atoms with Crippen LogP contribution in [0.5, 0.6) is 0 Å². The van der Waals surface area contributed by atoms with E-state index in [9.17, 15) is 10.1 Å². The van der Waals surface area contributed by atoms with Crippen LogP contribution in [0.4, 0.5) is 17.3 Å². The monoisotopic (exact) mass is 295 g/mol. The van der Waals surface area contributed by atoms with Crippen molar-refractivity contribution in [1.82, 2.24) is 14.9 Å². The Bertz CT molecular complexity index is 500. The Labute approximate surface area is 123 Å². The van der Waals surface area contributed by atoms with Gasteiger partial charge >= 0.3 is 5.69 Å². The number of nitrogens with zero attached hydrogens (tertiary/aromatic N) is 5. The van der Waals surface area contributed by atoms with Gasteiger partial charge < -0.3 is 15.2 Å². The van der Waals surface area contributed by atoms with Gasteiger partial charge in [0.2, 0.25) is 11.6 Å². The third-order valence-electron chi connectivity index (χ3n) is 3.66. The van der Waals surface area contributed by atoms with Crippen molar-refractivity contribution in [3.63, 3.8) is 0 Å². The van der Waals surface area contributed by atoms with Crippen LogP contribution in [0.25, 0.3) is 0 Å². The highest BCUT2D eigenvalue weighted by Gasteiger charge is 2.29. The van der Waals surface area contributed by atoms with Gasteiger partial charge in [0, 0.05) is 19.6 Å². The number of aromatic nitrogens is 2. The highest BCUT2D eigenvalue weighted by molar-refractivity contribution is 5.69. The third kappa shape index (κ3) is 3.56. The molecule has 0 spiro atoms. The molecule has 9 heteroatoms. The van der Waals surface area contributed by atoms with Crippen LogP contribution in [0.1, 0.15) is 12.8 Å². The van der Waals surface area contributed by atoms with Crippen molar-refractivity contribution in [3.05, 3.63) is 16.4 Å². The number of hydrazine groups is 1. The molecule has 0 bridgehead atoms. The van der Waals surface area contributed by atoms with Gasteiger partial charge in [0.25, 0.3) is 0 Å². The largest absolute Gasteiger partial charge is 0.354 e. The molecule has 116 valence electrons. The van der Waals surface area contributed by atoms with Crippen LogP contribution >= 0.6 is 0 Å². The van der Waals surface area contributed by atoms with Crippen molar-refractivity contribution >= 4 is 17.3 Å². The molecule has 1 aromatic rings. The number of hydrogen-bond donors (Lipinski definition) is 2. The molecule has 3 N–H and O–H groups in total. The lowest BCUT2D eigenvalue weighted by Crippen LogP contribution is -2.38. The molecule has 1 aromatic heterocycles. The molecule has 0 atom stereocenters. The summed E-state index contributed by atoms with van der Waals surface area (Å²) in [5, 5.41) is 11.3. The minimum absolute atomic E-state index is 0.0421. The molecule has 0 saturated carbocycles. The lowest BCUT2D eigenvalue weighted by atomic mass is 9.96. The van der Waals surface area contributed by atoms with Gasteiger partial charge in [-0.05, 0) is 32.9 Å². The molecule has 0 radical (unpaired) electrons. The first-order valence-electron chi connectivity index (χ1n) is 6.88. The highest BCUT2D eigenvalue weighted by Crippen LogP contribution is 2.33. The van der Waals surface area contributed by atoms with Crippen molar-refractivity contribution < 1.29 is 4.92 Å². The predicted molar refractivity (Wildman–Crippen MR) is 80.0 cm³/mol. The Hall–Kier alpha value is -2.00. The number of nitrogen functional groups attached to an aromatic ring is 1. The smallest absolute Gasteiger partial charge is 0.351 e. The van der Waals surface area contributed by atoms with Gasteiger partial charge in [-0.25, -0.2) is 15.8 Å². The fourth-order valence-electron chi connectivity index (χ4n) is 2.72. The quantitative estimate of drug-likeness (QED) is 0.457. The maximum Gasteiger partial charge on any atom is 0.354 e. The van der Waals surface area contributed by atoms with E-state index in [0.29, 0.717) is 11.7 Å². The van der Waals surface area contributed by atoms with Gasteiger partial charge in [0.1, 0.15) is 6.33 Å². The molecule has 2 heterocycles. The summed E-state index contributed by atoms with van der Waals surface area (Å²) in [7, 11) is 4.11. The number of nitro groups is 1. The zero-order valence-electron chi connectivity index (χ0n) is 12.3. The SMILES string of the molecule is CN(C)CC1CCN(c2ncnc(NN)c2[N+](=O)[O-])CC1. The fraction of sp³-hybridized carbons (Fsp3) is 0.667. The predicted octanol–water partition coefficient (Wildman–Crippen LogP) is 0.448. The normalized spacial score (nSPS) is 16.3. The number of anilines is 2. The molecule has 2 rings (SSSR count). The van der Waals surface area contributed by atoms with E-state index < -0.39 is 4.92 Å². The first-order valence-corrected chi connectivity index (χ1v) is 6.88. The average molecular weight is 295 g/mol. The summed E-state index contributed by atoms with van der Waals surface area (Å²) in [5.41, 5.74) is 2.10. The molecule has 1 aliphatic heterocycles. The molecule has 0 unspecified atom stereocenters. The minimum atomic E-state index is -0.490. The summed E-state index contributed by atoms with van der Waals surface area (Å²) in [4.78, 5) is 22.8. The molecule has 0 aliphatic carbocycles. The zero-order chi connectivity index (χ0) is 15.4. The standard InChI is InChI=1S/C12H21N7O2/c1-17(2)7-9-3-5-18(6-4-9)12-10(19(20)21)11(16-13)14-8-15-12/h8-9H,3-7,13H2,1-2H3,(H,14,15,16). The van der Waals surface area contributed by atoms with Crippen LogP contribution in [0.2, 0.25) is 0 Å². The van der Waals surface area contributed by atoms with Gasteiger partial charge in [-0.2, -0.15) is 0 Å². The Morgan fingerprint density at radius 1 is 1.48 bits per heavy atom. The summed E-state index contributed by atoms with van der Waals surface area (Å²) in [6.07, 6.45) is 3.28. The second-order valence-electron chi connectivity index (χ2n) is 5.49. The van der Waals surface area contributed by atoms with Gasteiger partial charge in [-0.1, -0.05) is 0 Å².